The number of aryl methyl sites for hydroxylation is 1. The Labute approximate surface area is 160 Å². The molecule has 1 aliphatic heterocycles. The number of carbonyl (C=O) groups is 1. The molecule has 0 fully saturated rings. The summed E-state index contributed by atoms with van der Waals surface area (Å²) in [5.74, 6) is 0.750. The zero-order valence-corrected chi connectivity index (χ0v) is 15.2. The van der Waals surface area contributed by atoms with Crippen molar-refractivity contribution in [1.29, 1.82) is 0 Å². The largest absolute Gasteiger partial charge is 0.485 e. The quantitative estimate of drug-likeness (QED) is 0.428. The molecule has 1 N–H and O–H groups in total. The van der Waals surface area contributed by atoms with Gasteiger partial charge in [0.05, 0.1) is 11.7 Å². The Morgan fingerprint density at radius 1 is 1.26 bits per heavy atom. The van der Waals surface area contributed by atoms with Gasteiger partial charge < -0.3 is 9.47 Å². The number of halogens is 1. The zero-order chi connectivity index (χ0) is 18.8. The van der Waals surface area contributed by atoms with E-state index < -0.39 is 12.0 Å². The van der Waals surface area contributed by atoms with Crippen molar-refractivity contribution < 1.29 is 14.3 Å². The minimum absolute atomic E-state index is 0.121. The van der Waals surface area contributed by atoms with Crippen LogP contribution >= 0.6 is 11.6 Å². The van der Waals surface area contributed by atoms with Crippen LogP contribution in [0.3, 0.4) is 0 Å². The van der Waals surface area contributed by atoms with Crippen molar-refractivity contribution >= 4 is 34.6 Å². The summed E-state index contributed by atoms with van der Waals surface area (Å²) in [7, 11) is 0. The molecule has 1 unspecified atom stereocenters. The van der Waals surface area contributed by atoms with Crippen molar-refractivity contribution in [3.8, 4) is 11.5 Å². The third-order valence-corrected chi connectivity index (χ3v) is 4.44. The molecule has 3 aromatic rings. The Morgan fingerprint density at radius 3 is 2.93 bits per heavy atom. The SMILES string of the molecule is Cc1ccc2cc(/C=N/NC(=O)C3COc4ccccc4O3)c(Cl)nc2c1. The summed E-state index contributed by atoms with van der Waals surface area (Å²) in [5, 5.41) is 5.23. The third kappa shape index (κ3) is 3.71. The highest BCUT2D eigenvalue weighted by molar-refractivity contribution is 6.32. The molecule has 27 heavy (non-hydrogen) atoms. The van der Waals surface area contributed by atoms with Crippen LogP contribution in [0, 0.1) is 6.92 Å². The van der Waals surface area contributed by atoms with E-state index in [9.17, 15) is 4.79 Å². The van der Waals surface area contributed by atoms with Gasteiger partial charge in [-0.1, -0.05) is 35.9 Å². The van der Waals surface area contributed by atoms with Crippen LogP contribution in [0.2, 0.25) is 5.15 Å². The number of carbonyl (C=O) groups excluding carboxylic acids is 1. The maximum absolute atomic E-state index is 12.3. The predicted octanol–water partition coefficient (Wildman–Crippen LogP) is 3.49. The number of ether oxygens (including phenoxy) is 2. The summed E-state index contributed by atoms with van der Waals surface area (Å²) in [6.07, 6.45) is 0.690. The van der Waals surface area contributed by atoms with Crippen molar-refractivity contribution in [1.82, 2.24) is 10.4 Å². The van der Waals surface area contributed by atoms with Gasteiger partial charge in [0.1, 0.15) is 11.8 Å². The van der Waals surface area contributed by atoms with E-state index in [1.54, 1.807) is 12.1 Å². The molecular formula is C20H16ClN3O3. The number of nitrogens with one attached hydrogen (secondary N) is 1. The van der Waals surface area contributed by atoms with Crippen LogP contribution < -0.4 is 14.9 Å². The standard InChI is InChI=1S/C20H16ClN3O3/c1-12-6-7-13-9-14(19(21)23-15(13)8-12)10-22-24-20(25)18-11-26-16-4-2-3-5-17(16)27-18/h2-10,18H,11H2,1H3,(H,24,25)/b22-10+. The number of hydrogen-bond donors (Lipinski definition) is 1. The monoisotopic (exact) mass is 381 g/mol. The number of nitrogens with zero attached hydrogens (tertiary/aromatic N) is 2. The Bertz CT molecular complexity index is 1050. The van der Waals surface area contributed by atoms with E-state index >= 15 is 0 Å². The highest BCUT2D eigenvalue weighted by Crippen LogP contribution is 2.30. The van der Waals surface area contributed by atoms with E-state index in [0.29, 0.717) is 22.2 Å². The third-order valence-electron chi connectivity index (χ3n) is 4.13. The van der Waals surface area contributed by atoms with Gasteiger partial charge in [-0.25, -0.2) is 10.4 Å². The van der Waals surface area contributed by atoms with Crippen LogP contribution in [0.1, 0.15) is 11.1 Å². The van der Waals surface area contributed by atoms with Gasteiger partial charge in [-0.2, -0.15) is 5.10 Å². The number of hydrazone groups is 1. The molecule has 0 saturated carbocycles. The fourth-order valence-corrected chi connectivity index (χ4v) is 2.94. The van der Waals surface area contributed by atoms with E-state index in [0.717, 1.165) is 16.5 Å². The average Bonchev–Trinajstić information content (AvgIpc) is 2.68. The normalized spacial score (nSPS) is 15.9. The van der Waals surface area contributed by atoms with Gasteiger partial charge in [-0.3, -0.25) is 4.79 Å². The molecule has 0 bridgehead atoms. The van der Waals surface area contributed by atoms with Crippen LogP contribution in [0.5, 0.6) is 11.5 Å². The number of rotatable bonds is 3. The number of hydrogen-bond acceptors (Lipinski definition) is 5. The molecule has 7 heteroatoms. The summed E-state index contributed by atoms with van der Waals surface area (Å²) in [5.41, 5.74) is 4.99. The lowest BCUT2D eigenvalue weighted by Crippen LogP contribution is -2.42. The van der Waals surface area contributed by atoms with Gasteiger partial charge in [0.15, 0.2) is 11.5 Å². The molecule has 136 valence electrons. The van der Waals surface area contributed by atoms with Crippen LogP contribution in [0.4, 0.5) is 0 Å². The van der Waals surface area contributed by atoms with Crippen molar-refractivity contribution in [2.24, 2.45) is 5.10 Å². The molecule has 0 radical (unpaired) electrons. The Kier molecular flexibility index (Phi) is 4.64. The summed E-state index contributed by atoms with van der Waals surface area (Å²) in [4.78, 5) is 16.6. The molecule has 2 heterocycles. The second kappa shape index (κ2) is 7.25. The van der Waals surface area contributed by atoms with Crippen molar-refractivity contribution in [2.75, 3.05) is 6.61 Å². The summed E-state index contributed by atoms with van der Waals surface area (Å²) in [6, 6.07) is 15.0. The highest BCUT2D eigenvalue weighted by Gasteiger charge is 2.27. The molecule has 1 atom stereocenters. The minimum Gasteiger partial charge on any atom is -0.485 e. The van der Waals surface area contributed by atoms with Gasteiger partial charge in [0.25, 0.3) is 5.91 Å². The lowest BCUT2D eigenvalue weighted by Gasteiger charge is -2.24. The fraction of sp³-hybridized carbons (Fsp3) is 0.150. The number of amides is 1. The molecule has 1 aliphatic rings. The molecule has 0 spiro atoms. The molecule has 1 amide bonds. The van der Waals surface area contributed by atoms with E-state index in [2.05, 4.69) is 15.5 Å². The van der Waals surface area contributed by atoms with Crippen molar-refractivity contribution in [2.45, 2.75) is 13.0 Å². The van der Waals surface area contributed by atoms with E-state index in [1.807, 2.05) is 43.3 Å². The lowest BCUT2D eigenvalue weighted by molar-refractivity contribution is -0.130. The molecule has 1 aromatic heterocycles. The second-order valence-electron chi connectivity index (χ2n) is 6.16. The van der Waals surface area contributed by atoms with Gasteiger partial charge in [0, 0.05) is 10.9 Å². The van der Waals surface area contributed by atoms with Crippen LogP contribution in [0.25, 0.3) is 10.9 Å². The molecule has 0 saturated heterocycles. The van der Waals surface area contributed by atoms with Gasteiger partial charge in [-0.05, 0) is 36.8 Å². The molecular weight excluding hydrogens is 366 g/mol. The van der Waals surface area contributed by atoms with E-state index in [1.165, 1.54) is 6.21 Å². The predicted molar refractivity (Wildman–Crippen MR) is 104 cm³/mol. The van der Waals surface area contributed by atoms with Crippen LogP contribution in [-0.2, 0) is 4.79 Å². The number of aromatic nitrogens is 1. The second-order valence-corrected chi connectivity index (χ2v) is 6.52. The summed E-state index contributed by atoms with van der Waals surface area (Å²) < 4.78 is 11.2. The molecule has 4 rings (SSSR count). The number of fused-ring (bicyclic) bond motifs is 2. The van der Waals surface area contributed by atoms with Crippen LogP contribution in [0.15, 0.2) is 53.6 Å². The Morgan fingerprint density at radius 2 is 2.07 bits per heavy atom. The van der Waals surface area contributed by atoms with Gasteiger partial charge in [0.2, 0.25) is 6.10 Å². The average molecular weight is 382 g/mol. The summed E-state index contributed by atoms with van der Waals surface area (Å²) in [6.45, 7) is 2.12. The molecule has 0 aliphatic carbocycles. The van der Waals surface area contributed by atoms with Gasteiger partial charge in [-0.15, -0.1) is 0 Å². The number of pyridine rings is 1. The highest BCUT2D eigenvalue weighted by atomic mass is 35.5. The number of para-hydroxylation sites is 2. The maximum atomic E-state index is 12.3. The van der Waals surface area contributed by atoms with Gasteiger partial charge >= 0.3 is 0 Å². The zero-order valence-electron chi connectivity index (χ0n) is 14.5. The molecule has 6 nitrogen and oxygen atoms in total. The molecule has 2 aromatic carbocycles. The first-order chi connectivity index (χ1) is 13.1. The lowest BCUT2D eigenvalue weighted by atomic mass is 10.1. The first kappa shape index (κ1) is 17.3. The smallest absolute Gasteiger partial charge is 0.284 e. The maximum Gasteiger partial charge on any atom is 0.284 e. The van der Waals surface area contributed by atoms with E-state index in [-0.39, 0.29) is 6.61 Å². The van der Waals surface area contributed by atoms with Crippen molar-refractivity contribution in [3.05, 3.63) is 64.8 Å². The number of benzene rings is 2. The first-order valence-corrected chi connectivity index (χ1v) is 8.76. The van der Waals surface area contributed by atoms with Crippen LogP contribution in [-0.4, -0.2) is 29.8 Å². The van der Waals surface area contributed by atoms with Crippen molar-refractivity contribution in [3.63, 3.8) is 0 Å². The topological polar surface area (TPSA) is 72.8 Å². The van der Waals surface area contributed by atoms with E-state index in [4.69, 9.17) is 21.1 Å². The minimum atomic E-state index is -0.773. The first-order valence-electron chi connectivity index (χ1n) is 8.38. The fourth-order valence-electron chi connectivity index (χ4n) is 2.75. The summed E-state index contributed by atoms with van der Waals surface area (Å²) >= 11 is 6.22. The Balaban J connectivity index is 1.45. The Hall–Kier alpha value is -3.12.